The van der Waals surface area contributed by atoms with E-state index in [1.807, 2.05) is 11.3 Å². The summed E-state index contributed by atoms with van der Waals surface area (Å²) in [5.41, 5.74) is 2.65. The zero-order valence-corrected chi connectivity index (χ0v) is 19.6. The smallest absolute Gasteiger partial charge is 0.338 e. The number of aliphatic imine (C=N–C) groups is 1. The Balaban J connectivity index is 0.000000195. The van der Waals surface area contributed by atoms with E-state index in [0.29, 0.717) is 0 Å². The second kappa shape index (κ2) is 9.62. The number of quaternary nitrogens is 1. The molecule has 0 radical (unpaired) electrons. The van der Waals surface area contributed by atoms with Crippen molar-refractivity contribution in [2.24, 2.45) is 4.99 Å². The van der Waals surface area contributed by atoms with Gasteiger partial charge in [0.1, 0.15) is 22.3 Å². The van der Waals surface area contributed by atoms with E-state index in [1.165, 1.54) is 28.5 Å². The van der Waals surface area contributed by atoms with Crippen LogP contribution in [0.5, 0.6) is 17.2 Å². The van der Waals surface area contributed by atoms with E-state index in [9.17, 15) is 9.90 Å². The molecule has 0 aliphatic carbocycles. The Morgan fingerprint density at radius 2 is 1.88 bits per heavy atom. The number of nitrogens with one attached hydrogen (secondary N) is 2. The average molecular weight is 483 g/mol. The maximum absolute atomic E-state index is 10.8. The number of carboxylic acids is 1. The standard InChI is InChI=1S/C17H20N4S.C7H6O5/c1-12-11-13-16(21-9-7-20(2)8-10-21)18-14-5-3-4-6-15(14)19-17(13)22-12;8-3-1-4(9)6(7(11)12)5(10)2-3/h3-6,11,19H,7-10H2,1-2H3;1-2,8-10H,(H,11,12). The SMILES string of the molecule is Cc1cc2c(s1)Nc1ccccc1N=C2N1CC[NH+](C)CC1.O=C(O)c1c([O-])cc(O)cc1O. The highest BCUT2D eigenvalue weighted by atomic mass is 32.1. The van der Waals surface area contributed by atoms with Crippen molar-refractivity contribution in [3.05, 3.63) is 58.5 Å². The molecule has 1 fully saturated rings. The van der Waals surface area contributed by atoms with Gasteiger partial charge in [-0.2, -0.15) is 0 Å². The van der Waals surface area contributed by atoms with E-state index in [2.05, 4.69) is 54.5 Å². The number of rotatable bonds is 1. The fraction of sp³-hybridized carbons (Fsp3) is 0.250. The molecule has 3 heterocycles. The van der Waals surface area contributed by atoms with Crippen LogP contribution in [0, 0.1) is 6.92 Å². The van der Waals surface area contributed by atoms with Crippen molar-refractivity contribution in [3.8, 4) is 17.2 Å². The number of aromatic hydroxyl groups is 2. The first-order valence-electron chi connectivity index (χ1n) is 10.8. The number of anilines is 2. The van der Waals surface area contributed by atoms with E-state index < -0.39 is 28.8 Å². The summed E-state index contributed by atoms with van der Waals surface area (Å²) in [6.07, 6.45) is 0. The van der Waals surface area contributed by atoms with Crippen molar-refractivity contribution in [1.82, 2.24) is 4.90 Å². The van der Waals surface area contributed by atoms with Gasteiger partial charge in [-0.05, 0) is 31.2 Å². The molecule has 3 aromatic rings. The number of hydrogen-bond donors (Lipinski definition) is 5. The topological polar surface area (TPSA) is 133 Å². The van der Waals surface area contributed by atoms with Crippen LogP contribution in [0.2, 0.25) is 0 Å². The predicted octanol–water partition coefficient (Wildman–Crippen LogP) is 1.89. The molecule has 0 saturated carbocycles. The zero-order chi connectivity index (χ0) is 24.4. The molecule has 1 aromatic heterocycles. The molecule has 0 atom stereocenters. The monoisotopic (exact) mass is 482 g/mol. The quantitative estimate of drug-likeness (QED) is 0.358. The Morgan fingerprint density at radius 1 is 1.18 bits per heavy atom. The number of thiophene rings is 1. The summed E-state index contributed by atoms with van der Waals surface area (Å²) in [6.45, 7) is 6.65. The van der Waals surface area contributed by atoms with Gasteiger partial charge in [-0.15, -0.1) is 11.3 Å². The molecule has 9 nitrogen and oxygen atoms in total. The molecule has 178 valence electrons. The fourth-order valence-corrected chi connectivity index (χ4v) is 4.81. The van der Waals surface area contributed by atoms with E-state index >= 15 is 0 Å². The van der Waals surface area contributed by atoms with Gasteiger partial charge in [-0.25, -0.2) is 9.79 Å². The summed E-state index contributed by atoms with van der Waals surface area (Å²) in [7, 11) is 2.27. The third kappa shape index (κ3) is 4.92. The number of fused-ring (bicyclic) bond motifs is 2. The number of carbonyl (C=O) groups is 1. The van der Waals surface area contributed by atoms with Gasteiger partial charge >= 0.3 is 5.97 Å². The predicted molar refractivity (Wildman–Crippen MR) is 129 cm³/mol. The van der Waals surface area contributed by atoms with Gasteiger partial charge in [-0.3, -0.25) is 0 Å². The van der Waals surface area contributed by atoms with Crippen molar-refractivity contribution >= 4 is 39.5 Å². The van der Waals surface area contributed by atoms with Crippen LogP contribution < -0.4 is 15.3 Å². The van der Waals surface area contributed by atoms with E-state index in [-0.39, 0.29) is 0 Å². The van der Waals surface area contributed by atoms with Crippen LogP contribution in [0.25, 0.3) is 0 Å². The summed E-state index contributed by atoms with van der Waals surface area (Å²) >= 11 is 1.81. The van der Waals surface area contributed by atoms with E-state index in [1.54, 1.807) is 4.90 Å². The molecule has 2 aliphatic rings. The summed E-state index contributed by atoms with van der Waals surface area (Å²) in [4.78, 5) is 20.7. The Morgan fingerprint density at radius 3 is 2.56 bits per heavy atom. The van der Waals surface area contributed by atoms with Crippen LogP contribution >= 0.6 is 11.3 Å². The van der Waals surface area contributed by atoms with E-state index in [4.69, 9.17) is 20.3 Å². The molecule has 5 rings (SSSR count). The van der Waals surface area contributed by atoms with Crippen molar-refractivity contribution in [3.63, 3.8) is 0 Å². The lowest BCUT2D eigenvalue weighted by Gasteiger charge is -2.32. The highest BCUT2D eigenvalue weighted by molar-refractivity contribution is 7.16. The Labute approximate surface area is 200 Å². The van der Waals surface area contributed by atoms with Crippen LogP contribution in [0.1, 0.15) is 20.8 Å². The van der Waals surface area contributed by atoms with Gasteiger partial charge in [0, 0.05) is 10.9 Å². The lowest BCUT2D eigenvalue weighted by molar-refractivity contribution is -0.883. The first-order valence-corrected chi connectivity index (χ1v) is 11.6. The van der Waals surface area contributed by atoms with Crippen LogP contribution in [-0.4, -0.2) is 65.3 Å². The first kappa shape index (κ1) is 23.4. The number of carboxylic acid groups (broad SMARTS) is 1. The molecule has 0 unspecified atom stereocenters. The minimum Gasteiger partial charge on any atom is -0.872 e. The number of para-hydroxylation sites is 2. The third-order valence-electron chi connectivity index (χ3n) is 5.67. The largest absolute Gasteiger partial charge is 0.872 e. The molecule has 2 aromatic carbocycles. The minimum absolute atomic E-state index is 0.456. The molecular formula is C24H26N4O5S. The molecular weight excluding hydrogens is 456 g/mol. The number of piperazine rings is 1. The maximum Gasteiger partial charge on any atom is 0.338 e. The van der Waals surface area contributed by atoms with E-state index in [0.717, 1.165) is 42.4 Å². The average Bonchev–Trinajstić information content (AvgIpc) is 3.05. The third-order valence-corrected chi connectivity index (χ3v) is 6.64. The van der Waals surface area contributed by atoms with Gasteiger partial charge in [0.15, 0.2) is 0 Å². The fourth-order valence-electron chi connectivity index (χ4n) is 3.89. The molecule has 2 aliphatic heterocycles. The number of aromatic carboxylic acids is 1. The Bertz CT molecular complexity index is 1220. The molecule has 34 heavy (non-hydrogen) atoms. The number of benzene rings is 2. The number of aryl methyl sites for hydroxylation is 1. The summed E-state index contributed by atoms with van der Waals surface area (Å²) < 4.78 is 0. The van der Waals surface area contributed by atoms with Gasteiger partial charge < -0.3 is 35.5 Å². The van der Waals surface area contributed by atoms with Crippen LogP contribution in [0.4, 0.5) is 16.4 Å². The molecule has 0 bridgehead atoms. The number of amidine groups is 1. The highest BCUT2D eigenvalue weighted by Crippen LogP contribution is 2.39. The minimum atomic E-state index is -1.52. The van der Waals surface area contributed by atoms with Crippen LogP contribution in [-0.2, 0) is 0 Å². The lowest BCUT2D eigenvalue weighted by atomic mass is 10.1. The van der Waals surface area contributed by atoms with Gasteiger partial charge in [-0.1, -0.05) is 17.9 Å². The zero-order valence-electron chi connectivity index (χ0n) is 18.8. The summed E-state index contributed by atoms with van der Waals surface area (Å²) in [6, 6.07) is 12.1. The highest BCUT2D eigenvalue weighted by Gasteiger charge is 2.26. The van der Waals surface area contributed by atoms with Crippen molar-refractivity contribution in [1.29, 1.82) is 0 Å². The lowest BCUT2D eigenvalue weighted by Crippen LogP contribution is -3.12. The second-order valence-corrected chi connectivity index (χ2v) is 9.52. The van der Waals surface area contributed by atoms with Gasteiger partial charge in [0.2, 0.25) is 0 Å². The molecule has 10 heteroatoms. The molecule has 5 N–H and O–H groups in total. The second-order valence-electron chi connectivity index (χ2n) is 8.26. The van der Waals surface area contributed by atoms with Gasteiger partial charge in [0.25, 0.3) is 0 Å². The number of hydrogen-bond acceptors (Lipinski definition) is 8. The summed E-state index contributed by atoms with van der Waals surface area (Å²) in [5.74, 6) is -2.49. The number of nitrogens with zero attached hydrogens (tertiary/aromatic N) is 2. The molecule has 1 saturated heterocycles. The summed E-state index contributed by atoms with van der Waals surface area (Å²) in [5, 5.41) is 41.6. The van der Waals surface area contributed by atoms with Crippen molar-refractivity contribution < 1.29 is 30.1 Å². The van der Waals surface area contributed by atoms with Gasteiger partial charge in [0.05, 0.1) is 55.7 Å². The molecule has 0 spiro atoms. The normalized spacial score (nSPS) is 15.1. The number of phenolic OH excluding ortho intramolecular Hbond substituents is 1. The first-order chi connectivity index (χ1) is 16.2. The van der Waals surface area contributed by atoms with Crippen molar-refractivity contribution in [2.45, 2.75) is 6.92 Å². The molecule has 0 amide bonds. The van der Waals surface area contributed by atoms with Crippen molar-refractivity contribution in [2.75, 3.05) is 38.5 Å². The Kier molecular flexibility index (Phi) is 6.62. The number of phenols is 2. The Hall–Kier alpha value is -3.76. The van der Waals surface area contributed by atoms with Crippen LogP contribution in [0.15, 0.2) is 47.5 Å². The number of likely N-dealkylation sites (N-methyl/N-ethyl adjacent to an activating group) is 1. The maximum atomic E-state index is 10.8. The van der Waals surface area contributed by atoms with Crippen LogP contribution in [0.3, 0.4) is 0 Å².